The summed E-state index contributed by atoms with van der Waals surface area (Å²) in [4.78, 5) is 23.1. The molecule has 0 atom stereocenters. The van der Waals surface area contributed by atoms with Gasteiger partial charge in [-0.3, -0.25) is 9.59 Å². The van der Waals surface area contributed by atoms with Gasteiger partial charge in [0.15, 0.2) is 0 Å². The highest BCUT2D eigenvalue weighted by atomic mass is 79.9. The molecule has 7 heteroatoms. The van der Waals surface area contributed by atoms with Crippen molar-refractivity contribution >= 4 is 54.9 Å². The minimum Gasteiger partial charge on any atom is -0.410 e. The van der Waals surface area contributed by atoms with Gasteiger partial charge in [0, 0.05) is 14.5 Å². The van der Waals surface area contributed by atoms with Gasteiger partial charge in [-0.15, -0.1) is 0 Å². The molecule has 0 saturated heterocycles. The third kappa shape index (κ3) is 1.65. The van der Waals surface area contributed by atoms with Crippen molar-refractivity contribution in [3.8, 4) is 0 Å². The lowest BCUT2D eigenvalue weighted by Gasteiger charge is -2.16. The molecule has 0 saturated carbocycles. The lowest BCUT2D eigenvalue weighted by atomic mass is 10.0. The van der Waals surface area contributed by atoms with Gasteiger partial charge in [0.2, 0.25) is 11.5 Å². The Hall–Kier alpha value is -1.21. The number of benzene rings is 1. The van der Waals surface area contributed by atoms with Gasteiger partial charge in [-0.2, -0.15) is 0 Å². The molecule has 1 aromatic rings. The molecule has 0 aliphatic carbocycles. The fourth-order valence-electron chi connectivity index (χ4n) is 1.34. The highest BCUT2D eigenvalue weighted by Crippen LogP contribution is 2.32. The van der Waals surface area contributed by atoms with E-state index in [9.17, 15) is 9.59 Å². The van der Waals surface area contributed by atoms with E-state index in [-0.39, 0.29) is 5.56 Å². The van der Waals surface area contributed by atoms with Gasteiger partial charge in [-0.05, 0) is 44.0 Å². The normalized spacial score (nSPS) is 17.2. The summed E-state index contributed by atoms with van der Waals surface area (Å²) in [6.45, 7) is 0. The first-order chi connectivity index (χ1) is 7.54. The summed E-state index contributed by atoms with van der Waals surface area (Å²) in [5, 5.41) is 13.7. The van der Waals surface area contributed by atoms with Crippen molar-refractivity contribution in [2.75, 3.05) is 5.32 Å². The number of oxime groups is 1. The Morgan fingerprint density at radius 1 is 1.19 bits per heavy atom. The van der Waals surface area contributed by atoms with E-state index in [0.717, 1.165) is 0 Å². The topological polar surface area (TPSA) is 78.8 Å². The Balaban J connectivity index is 2.65. The molecule has 0 fully saturated rings. The summed E-state index contributed by atoms with van der Waals surface area (Å²) in [7, 11) is 0. The van der Waals surface area contributed by atoms with Crippen molar-refractivity contribution in [3.05, 3.63) is 26.6 Å². The second-order valence-electron chi connectivity index (χ2n) is 3.04. The Labute approximate surface area is 107 Å². The summed E-state index contributed by atoms with van der Waals surface area (Å²) in [6, 6.07) is 3.15. The molecule has 1 aliphatic heterocycles. The van der Waals surface area contributed by atoms with Crippen molar-refractivity contribution in [2.24, 2.45) is 5.16 Å². The highest BCUT2D eigenvalue weighted by molar-refractivity contribution is 9.13. The van der Waals surface area contributed by atoms with Crippen LogP contribution in [0, 0.1) is 0 Å². The summed E-state index contributed by atoms with van der Waals surface area (Å²) < 4.78 is 1.39. The number of halogens is 2. The van der Waals surface area contributed by atoms with Crippen molar-refractivity contribution in [1.29, 1.82) is 0 Å². The van der Waals surface area contributed by atoms with E-state index in [1.54, 1.807) is 12.1 Å². The van der Waals surface area contributed by atoms with Crippen molar-refractivity contribution < 1.29 is 14.8 Å². The average molecular weight is 348 g/mol. The molecule has 2 N–H and O–H groups in total. The number of rotatable bonds is 0. The summed E-state index contributed by atoms with van der Waals surface area (Å²) in [5.74, 6) is -1.32. The maximum Gasteiger partial charge on any atom is 0.281 e. The Bertz CT molecular complexity index is 540. The molecule has 0 bridgehead atoms. The van der Waals surface area contributed by atoms with Crippen molar-refractivity contribution in [3.63, 3.8) is 0 Å². The first kappa shape index (κ1) is 11.3. The Kier molecular flexibility index (Phi) is 2.81. The van der Waals surface area contributed by atoms with Crippen LogP contribution in [0.5, 0.6) is 0 Å². The second kappa shape index (κ2) is 3.99. The molecule has 0 spiro atoms. The number of Topliss-reactive ketones (excluding diaryl/α,β-unsaturated/α-hetero) is 1. The van der Waals surface area contributed by atoms with Gasteiger partial charge in [0.25, 0.3) is 5.91 Å². The summed E-state index contributed by atoms with van der Waals surface area (Å²) in [5.41, 5.74) is 0.154. The maximum absolute atomic E-state index is 11.7. The largest absolute Gasteiger partial charge is 0.410 e. The molecule has 0 unspecified atom stereocenters. The van der Waals surface area contributed by atoms with E-state index in [0.29, 0.717) is 14.6 Å². The van der Waals surface area contributed by atoms with Crippen LogP contribution >= 0.6 is 31.9 Å². The molecule has 82 valence electrons. The zero-order chi connectivity index (χ0) is 11.9. The SMILES string of the molecule is O=C1Nc2cc(Br)c(Br)cc2C(=O)/C1=N/O. The molecular weight excluding hydrogens is 344 g/mol. The number of anilines is 1. The van der Waals surface area contributed by atoms with Gasteiger partial charge in [-0.25, -0.2) is 0 Å². The number of hydrogen-bond donors (Lipinski definition) is 2. The van der Waals surface area contributed by atoms with Crippen LogP contribution in [0.4, 0.5) is 5.69 Å². The number of amides is 1. The smallest absolute Gasteiger partial charge is 0.281 e. The first-order valence-corrected chi connectivity index (χ1v) is 5.70. The fraction of sp³-hybridized carbons (Fsp3) is 0. The standard InChI is InChI=1S/C9H4Br2N2O3/c10-4-1-3-6(2-5(4)11)12-9(15)7(13-16)8(3)14/h1-2,16H,(H,12,15)/b13-7-. The molecule has 1 aliphatic rings. The molecule has 1 aromatic carbocycles. The molecule has 5 nitrogen and oxygen atoms in total. The predicted octanol–water partition coefficient (Wildman–Crippen LogP) is 2.18. The van der Waals surface area contributed by atoms with Crippen LogP contribution in [0.3, 0.4) is 0 Å². The third-order valence-corrected chi connectivity index (χ3v) is 3.93. The van der Waals surface area contributed by atoms with Crippen LogP contribution in [-0.4, -0.2) is 22.6 Å². The number of nitrogens with zero attached hydrogens (tertiary/aromatic N) is 1. The first-order valence-electron chi connectivity index (χ1n) is 4.11. The van der Waals surface area contributed by atoms with Crippen LogP contribution in [0.1, 0.15) is 10.4 Å². The lowest BCUT2D eigenvalue weighted by Crippen LogP contribution is -2.35. The summed E-state index contributed by atoms with van der Waals surface area (Å²) >= 11 is 6.50. The van der Waals surface area contributed by atoms with Gasteiger partial charge < -0.3 is 10.5 Å². The molecular formula is C9H4Br2N2O3. The van der Waals surface area contributed by atoms with Crippen LogP contribution in [0.25, 0.3) is 0 Å². The zero-order valence-corrected chi connectivity index (χ0v) is 10.8. The van der Waals surface area contributed by atoms with Gasteiger partial charge in [-0.1, -0.05) is 5.16 Å². The average Bonchev–Trinajstić information content (AvgIpc) is 2.22. The molecule has 16 heavy (non-hydrogen) atoms. The van der Waals surface area contributed by atoms with E-state index in [1.807, 2.05) is 0 Å². The number of carbonyl (C=O) groups excluding carboxylic acids is 2. The second-order valence-corrected chi connectivity index (χ2v) is 4.75. The number of carbonyl (C=O) groups is 2. The number of nitrogens with one attached hydrogen (secondary N) is 1. The van der Waals surface area contributed by atoms with E-state index < -0.39 is 17.4 Å². The molecule has 1 heterocycles. The molecule has 2 rings (SSSR count). The highest BCUT2D eigenvalue weighted by Gasteiger charge is 2.31. The fourth-order valence-corrected chi connectivity index (χ4v) is 2.03. The Morgan fingerprint density at radius 2 is 1.81 bits per heavy atom. The third-order valence-electron chi connectivity index (χ3n) is 2.08. The van der Waals surface area contributed by atoms with E-state index in [4.69, 9.17) is 5.21 Å². The Morgan fingerprint density at radius 3 is 2.44 bits per heavy atom. The predicted molar refractivity (Wildman–Crippen MR) is 64.0 cm³/mol. The van der Waals surface area contributed by atoms with E-state index >= 15 is 0 Å². The maximum atomic E-state index is 11.7. The van der Waals surface area contributed by atoms with E-state index in [2.05, 4.69) is 42.3 Å². The summed E-state index contributed by atoms with van der Waals surface area (Å²) in [6.07, 6.45) is 0. The van der Waals surface area contributed by atoms with Crippen LogP contribution in [0.2, 0.25) is 0 Å². The van der Waals surface area contributed by atoms with Gasteiger partial charge in [0.05, 0.1) is 5.69 Å². The number of ketones is 1. The van der Waals surface area contributed by atoms with Crippen molar-refractivity contribution in [2.45, 2.75) is 0 Å². The number of fused-ring (bicyclic) bond motifs is 1. The lowest BCUT2D eigenvalue weighted by molar-refractivity contribution is -0.110. The minimum atomic E-state index is -0.714. The van der Waals surface area contributed by atoms with Crippen LogP contribution in [0.15, 0.2) is 26.2 Å². The number of hydrogen-bond acceptors (Lipinski definition) is 4. The van der Waals surface area contributed by atoms with Crippen LogP contribution in [-0.2, 0) is 4.79 Å². The van der Waals surface area contributed by atoms with Crippen LogP contribution < -0.4 is 5.32 Å². The monoisotopic (exact) mass is 346 g/mol. The quantitative estimate of drug-likeness (QED) is 0.557. The van der Waals surface area contributed by atoms with Gasteiger partial charge in [0.1, 0.15) is 0 Å². The minimum absolute atomic E-state index is 0.280. The van der Waals surface area contributed by atoms with E-state index in [1.165, 1.54) is 0 Å². The van der Waals surface area contributed by atoms with Gasteiger partial charge >= 0.3 is 0 Å². The molecule has 0 aromatic heterocycles. The molecule has 0 radical (unpaired) electrons. The zero-order valence-electron chi connectivity index (χ0n) is 7.62. The molecule has 1 amide bonds. The van der Waals surface area contributed by atoms with Crippen molar-refractivity contribution in [1.82, 2.24) is 0 Å².